The van der Waals surface area contributed by atoms with Crippen molar-refractivity contribution >= 4 is 0 Å². The molecule has 10 heavy (non-hydrogen) atoms. The molecule has 2 heteroatoms. The van der Waals surface area contributed by atoms with Crippen molar-refractivity contribution in [2.75, 3.05) is 6.61 Å². The fourth-order valence-corrected chi connectivity index (χ4v) is 0.828. The molecule has 0 bridgehead atoms. The molecule has 0 aliphatic carbocycles. The Hall–Kier alpha value is -0.760. The van der Waals surface area contributed by atoms with Crippen LogP contribution in [0.25, 0.3) is 0 Å². The highest BCUT2D eigenvalue weighted by Gasteiger charge is 2.05. The van der Waals surface area contributed by atoms with Crippen LogP contribution >= 0.6 is 0 Å². The summed E-state index contributed by atoms with van der Waals surface area (Å²) in [6.07, 6.45) is 1.69. The average Bonchev–Trinajstić information content (AvgIpc) is 2.34. The number of rotatable bonds is 2. The van der Waals surface area contributed by atoms with Gasteiger partial charge in [0.1, 0.15) is 5.76 Å². The van der Waals surface area contributed by atoms with E-state index in [1.54, 1.807) is 6.26 Å². The van der Waals surface area contributed by atoms with Crippen molar-refractivity contribution in [1.29, 1.82) is 0 Å². The van der Waals surface area contributed by atoms with Gasteiger partial charge in [-0.2, -0.15) is 0 Å². The van der Waals surface area contributed by atoms with Crippen LogP contribution < -0.4 is 0 Å². The van der Waals surface area contributed by atoms with Gasteiger partial charge in [-0.15, -0.1) is 0 Å². The second kappa shape index (κ2) is 2.88. The zero-order chi connectivity index (χ0) is 7.56. The minimum absolute atomic E-state index is 0.180. The summed E-state index contributed by atoms with van der Waals surface area (Å²) in [5.41, 5.74) is 1.07. The lowest BCUT2D eigenvalue weighted by atomic mass is 10.1. The van der Waals surface area contributed by atoms with Gasteiger partial charge in [-0.3, -0.25) is 0 Å². The van der Waals surface area contributed by atoms with E-state index in [0.29, 0.717) is 0 Å². The maximum absolute atomic E-state index is 8.76. The van der Waals surface area contributed by atoms with Crippen molar-refractivity contribution in [3.05, 3.63) is 23.7 Å². The normalized spacial score (nSPS) is 13.5. The summed E-state index contributed by atoms with van der Waals surface area (Å²) in [4.78, 5) is 0. The summed E-state index contributed by atoms with van der Waals surface area (Å²) in [6.45, 7) is 4.04. The zero-order valence-electron chi connectivity index (χ0n) is 6.29. The van der Waals surface area contributed by atoms with E-state index in [-0.39, 0.29) is 12.5 Å². The molecule has 56 valence electrons. The lowest BCUT2D eigenvalue weighted by molar-refractivity contribution is 0.272. The summed E-state index contributed by atoms with van der Waals surface area (Å²) in [7, 11) is 0. The van der Waals surface area contributed by atoms with Crippen LogP contribution in [0.15, 0.2) is 16.7 Å². The zero-order valence-corrected chi connectivity index (χ0v) is 6.29. The highest BCUT2D eigenvalue weighted by Crippen LogP contribution is 2.16. The van der Waals surface area contributed by atoms with Crippen LogP contribution in [0.4, 0.5) is 0 Å². The van der Waals surface area contributed by atoms with Gasteiger partial charge in [0.25, 0.3) is 0 Å². The second-order valence-electron chi connectivity index (χ2n) is 2.57. The van der Waals surface area contributed by atoms with E-state index in [0.717, 1.165) is 11.3 Å². The Bertz CT molecular complexity index is 203. The van der Waals surface area contributed by atoms with Crippen molar-refractivity contribution in [3.8, 4) is 0 Å². The lowest BCUT2D eigenvalue weighted by Gasteiger charge is -2.00. The summed E-state index contributed by atoms with van der Waals surface area (Å²) in [5, 5.41) is 8.76. The topological polar surface area (TPSA) is 33.4 Å². The first-order chi connectivity index (χ1) is 4.74. The third-order valence-electron chi connectivity index (χ3n) is 1.59. The first kappa shape index (κ1) is 7.35. The van der Waals surface area contributed by atoms with Crippen molar-refractivity contribution in [2.45, 2.75) is 19.8 Å². The molecule has 0 aromatic carbocycles. The maximum Gasteiger partial charge on any atom is 0.100 e. The largest absolute Gasteiger partial charge is 0.469 e. The molecule has 1 aromatic heterocycles. The van der Waals surface area contributed by atoms with Crippen LogP contribution in [0.3, 0.4) is 0 Å². The van der Waals surface area contributed by atoms with Crippen molar-refractivity contribution in [3.63, 3.8) is 0 Å². The molecule has 1 aromatic rings. The minimum Gasteiger partial charge on any atom is -0.469 e. The van der Waals surface area contributed by atoms with Gasteiger partial charge in [0.15, 0.2) is 0 Å². The Kier molecular flexibility index (Phi) is 2.12. The average molecular weight is 140 g/mol. The molecule has 1 heterocycles. The second-order valence-corrected chi connectivity index (χ2v) is 2.57. The van der Waals surface area contributed by atoms with E-state index < -0.39 is 0 Å². The van der Waals surface area contributed by atoms with E-state index in [1.165, 1.54) is 0 Å². The Balaban J connectivity index is 2.74. The fraction of sp³-hybridized carbons (Fsp3) is 0.500. The number of furan rings is 1. The van der Waals surface area contributed by atoms with Crippen molar-refractivity contribution in [2.24, 2.45) is 0 Å². The molecule has 0 saturated carbocycles. The van der Waals surface area contributed by atoms with Gasteiger partial charge in [-0.05, 0) is 18.6 Å². The third-order valence-corrected chi connectivity index (χ3v) is 1.59. The number of hydrogen-bond acceptors (Lipinski definition) is 2. The van der Waals surface area contributed by atoms with Crippen molar-refractivity contribution in [1.82, 2.24) is 0 Å². The molecule has 0 spiro atoms. The highest BCUT2D eigenvalue weighted by molar-refractivity contribution is 5.15. The first-order valence-corrected chi connectivity index (χ1v) is 3.40. The molecule has 1 atom stereocenters. The number of aryl methyl sites for hydroxylation is 1. The summed E-state index contributed by atoms with van der Waals surface area (Å²) < 4.78 is 5.08. The van der Waals surface area contributed by atoms with Gasteiger partial charge >= 0.3 is 0 Å². The molecule has 1 unspecified atom stereocenters. The van der Waals surface area contributed by atoms with Gasteiger partial charge in [0, 0.05) is 12.5 Å². The Morgan fingerprint density at radius 3 is 2.80 bits per heavy atom. The number of aliphatic hydroxyl groups excluding tert-OH is 1. The van der Waals surface area contributed by atoms with Crippen LogP contribution in [-0.4, -0.2) is 11.7 Å². The monoisotopic (exact) mass is 140 g/mol. The Morgan fingerprint density at radius 1 is 1.70 bits per heavy atom. The van der Waals surface area contributed by atoms with Gasteiger partial charge < -0.3 is 9.52 Å². The van der Waals surface area contributed by atoms with Crippen LogP contribution in [-0.2, 0) is 0 Å². The molecule has 0 aliphatic heterocycles. The summed E-state index contributed by atoms with van der Waals surface area (Å²) in [6, 6.07) is 1.95. The van der Waals surface area contributed by atoms with E-state index >= 15 is 0 Å². The molecular formula is C8H12O2. The smallest absolute Gasteiger partial charge is 0.100 e. The number of hydrogen-bond donors (Lipinski definition) is 1. The predicted molar refractivity (Wildman–Crippen MR) is 38.9 cm³/mol. The van der Waals surface area contributed by atoms with Gasteiger partial charge in [-0.25, -0.2) is 0 Å². The molecule has 0 fully saturated rings. The quantitative estimate of drug-likeness (QED) is 0.678. The molecule has 0 aliphatic rings. The standard InChI is InChI=1S/C8H12O2/c1-6(4-9)8-3-7(2)10-5-8/h3,5-6,9H,4H2,1-2H3. The number of aliphatic hydroxyl groups is 1. The minimum atomic E-state index is 0.180. The molecule has 1 rings (SSSR count). The van der Waals surface area contributed by atoms with Crippen LogP contribution in [0.5, 0.6) is 0 Å². The lowest BCUT2D eigenvalue weighted by Crippen LogP contribution is -1.95. The Morgan fingerprint density at radius 2 is 2.40 bits per heavy atom. The van der Waals surface area contributed by atoms with E-state index in [9.17, 15) is 0 Å². The van der Waals surface area contributed by atoms with Crippen LogP contribution in [0, 0.1) is 6.92 Å². The van der Waals surface area contributed by atoms with Gasteiger partial charge in [0.05, 0.1) is 6.26 Å². The first-order valence-electron chi connectivity index (χ1n) is 3.40. The van der Waals surface area contributed by atoms with Crippen molar-refractivity contribution < 1.29 is 9.52 Å². The van der Waals surface area contributed by atoms with Gasteiger partial charge in [0.2, 0.25) is 0 Å². The van der Waals surface area contributed by atoms with Gasteiger partial charge in [-0.1, -0.05) is 6.92 Å². The molecular weight excluding hydrogens is 128 g/mol. The molecule has 0 radical (unpaired) electrons. The predicted octanol–water partition coefficient (Wildman–Crippen LogP) is 1.68. The molecule has 2 nitrogen and oxygen atoms in total. The fourth-order valence-electron chi connectivity index (χ4n) is 0.828. The molecule has 1 N–H and O–H groups in total. The SMILES string of the molecule is Cc1cc(C(C)CO)co1. The highest BCUT2D eigenvalue weighted by atomic mass is 16.3. The molecule has 0 amide bonds. The Labute approximate surface area is 60.5 Å². The van der Waals surface area contributed by atoms with E-state index in [2.05, 4.69) is 0 Å². The van der Waals surface area contributed by atoms with Crippen LogP contribution in [0.2, 0.25) is 0 Å². The molecule has 0 saturated heterocycles. The van der Waals surface area contributed by atoms with E-state index in [4.69, 9.17) is 9.52 Å². The van der Waals surface area contributed by atoms with Crippen LogP contribution in [0.1, 0.15) is 24.2 Å². The maximum atomic E-state index is 8.76. The summed E-state index contributed by atoms with van der Waals surface area (Å²) in [5.74, 6) is 1.09. The summed E-state index contributed by atoms with van der Waals surface area (Å²) >= 11 is 0. The van der Waals surface area contributed by atoms with E-state index in [1.807, 2.05) is 19.9 Å². The third kappa shape index (κ3) is 1.39.